The van der Waals surface area contributed by atoms with Crippen molar-refractivity contribution in [2.75, 3.05) is 0 Å². The quantitative estimate of drug-likeness (QED) is 0.0615. The predicted molar refractivity (Wildman–Crippen MR) is 197 cm³/mol. The van der Waals surface area contributed by atoms with Crippen LogP contribution in [0.2, 0.25) is 0 Å². The molecule has 7 rings (SSSR count). The van der Waals surface area contributed by atoms with Crippen LogP contribution >= 0.6 is 0 Å². The summed E-state index contributed by atoms with van der Waals surface area (Å²) in [7, 11) is 0. The van der Waals surface area contributed by atoms with Gasteiger partial charge in [0.2, 0.25) is 0 Å². The molecule has 6 aromatic carbocycles. The molecule has 0 atom stereocenters. The molecular formula is C45H39Cl2F5Hf-2. The van der Waals surface area contributed by atoms with E-state index in [2.05, 4.69) is 151 Å². The van der Waals surface area contributed by atoms with Gasteiger partial charge in [-0.2, -0.15) is 17.7 Å². The summed E-state index contributed by atoms with van der Waals surface area (Å²) < 4.78 is 66.3. The van der Waals surface area contributed by atoms with Gasteiger partial charge in [0.15, 0.2) is 17.5 Å². The monoisotopic (exact) mass is 924 g/mol. The molecule has 0 spiro atoms. The molecule has 0 amide bonds. The molecule has 6 aromatic rings. The Kier molecular flexibility index (Phi) is 15.0. The molecule has 0 aromatic heterocycles. The second-order valence-electron chi connectivity index (χ2n) is 14.5. The van der Waals surface area contributed by atoms with Crippen LogP contribution in [0.25, 0.3) is 27.1 Å². The first-order chi connectivity index (χ1) is 24.1. The first kappa shape index (κ1) is 43.8. The maximum absolute atomic E-state index is 13.2. The summed E-state index contributed by atoms with van der Waals surface area (Å²) in [6, 6.07) is 37.4. The van der Waals surface area contributed by atoms with Crippen LogP contribution in [0, 0.1) is 35.2 Å². The average Bonchev–Trinajstić information content (AvgIpc) is 3.78. The molecular weight excluding hydrogens is 885 g/mol. The Balaban J connectivity index is 0.000000215. The zero-order valence-electron chi connectivity index (χ0n) is 30.3. The van der Waals surface area contributed by atoms with E-state index in [9.17, 15) is 22.0 Å². The van der Waals surface area contributed by atoms with Gasteiger partial charge in [-0.15, -0.1) is 45.8 Å². The van der Waals surface area contributed by atoms with E-state index in [4.69, 9.17) is 0 Å². The van der Waals surface area contributed by atoms with Crippen molar-refractivity contribution in [3.8, 4) is 0 Å². The molecule has 0 radical (unpaired) electrons. The normalized spacial score (nSPS) is 12.2. The predicted octanol–water partition coefficient (Wildman–Crippen LogP) is 6.65. The zero-order valence-corrected chi connectivity index (χ0v) is 35.4. The molecule has 1 aliphatic carbocycles. The van der Waals surface area contributed by atoms with E-state index in [0.29, 0.717) is 0 Å². The molecule has 0 bridgehead atoms. The summed E-state index contributed by atoms with van der Waals surface area (Å²) in [5.41, 5.74) is 4.87. The van der Waals surface area contributed by atoms with Gasteiger partial charge in [-0.1, -0.05) is 88.9 Å². The van der Waals surface area contributed by atoms with Gasteiger partial charge in [0.05, 0.1) is 0 Å². The van der Waals surface area contributed by atoms with E-state index in [1.807, 2.05) is 0 Å². The Morgan fingerprint density at radius 2 is 0.981 bits per heavy atom. The van der Waals surface area contributed by atoms with Gasteiger partial charge in [-0.25, -0.2) is 22.0 Å². The van der Waals surface area contributed by atoms with E-state index in [1.165, 1.54) is 59.2 Å². The van der Waals surface area contributed by atoms with Gasteiger partial charge in [-0.3, -0.25) is 0 Å². The van der Waals surface area contributed by atoms with Crippen LogP contribution in [0.3, 0.4) is 0 Å². The Hall–Kier alpha value is -3.58. The molecule has 0 aliphatic heterocycles. The van der Waals surface area contributed by atoms with E-state index in [1.54, 1.807) is 0 Å². The molecule has 0 unspecified atom stereocenters. The zero-order chi connectivity index (χ0) is 37.1. The Morgan fingerprint density at radius 3 is 1.34 bits per heavy atom. The Labute approximate surface area is 336 Å². The van der Waals surface area contributed by atoms with Crippen LogP contribution < -0.4 is 24.8 Å². The minimum absolute atomic E-state index is 0. The number of allylic oxidation sites excluding steroid dienone is 4. The topological polar surface area (TPSA) is 0 Å². The first-order valence-electron chi connectivity index (χ1n) is 16.7. The molecule has 0 saturated heterocycles. The minimum atomic E-state index is -2.15. The van der Waals surface area contributed by atoms with Crippen molar-refractivity contribution in [3.63, 3.8) is 0 Å². The summed E-state index contributed by atoms with van der Waals surface area (Å²) in [6.45, 7) is 13.6. The molecule has 0 fully saturated rings. The number of hydrogen-bond acceptors (Lipinski definition) is 0. The van der Waals surface area contributed by atoms with Crippen molar-refractivity contribution in [3.05, 3.63) is 178 Å². The first-order valence-corrected chi connectivity index (χ1v) is 18.5. The number of halogens is 7. The molecule has 53 heavy (non-hydrogen) atoms. The third-order valence-corrected chi connectivity index (χ3v) is 10.8. The van der Waals surface area contributed by atoms with Gasteiger partial charge in [0.1, 0.15) is 11.6 Å². The summed E-state index contributed by atoms with van der Waals surface area (Å²) in [5, 5.41) is 5.48. The fourth-order valence-corrected chi connectivity index (χ4v) is 6.95. The van der Waals surface area contributed by atoms with Crippen molar-refractivity contribution < 1.29 is 70.7 Å². The van der Waals surface area contributed by atoms with E-state index in [0.717, 1.165) is 23.9 Å². The molecule has 0 nitrogen and oxygen atoms in total. The molecule has 0 heterocycles. The van der Waals surface area contributed by atoms with Gasteiger partial charge in [0, 0.05) is 0 Å². The molecule has 0 N–H and O–H groups in total. The second-order valence-corrected chi connectivity index (χ2v) is 16.3. The third-order valence-electron chi connectivity index (χ3n) is 8.74. The van der Waals surface area contributed by atoms with Crippen LogP contribution in [0.4, 0.5) is 22.0 Å². The van der Waals surface area contributed by atoms with E-state index in [-0.39, 0.29) is 47.6 Å². The van der Waals surface area contributed by atoms with E-state index < -0.39 is 34.6 Å². The van der Waals surface area contributed by atoms with Crippen LogP contribution in [0.15, 0.2) is 115 Å². The Morgan fingerprint density at radius 1 is 0.585 bits per heavy atom. The van der Waals surface area contributed by atoms with Gasteiger partial charge >= 0.3 is 98.9 Å². The van der Waals surface area contributed by atoms with Gasteiger partial charge in [-0.05, 0) is 10.8 Å². The van der Waals surface area contributed by atoms with Crippen molar-refractivity contribution in [1.82, 2.24) is 0 Å². The SMILES string of the molecule is CC(C)(C)c1ccc2c(c1)[cH-]c1cc(C(C)(C)C)ccc12.Fc1c(F)c(F)c(C2=[C-]CC=C2)c(F)c1F.[Cl-].[Cl-].[Hf+2]=[C](c1ccccc1)c1ccccc1. The number of rotatable bonds is 3. The molecule has 0 saturated carbocycles. The number of fused-ring (bicyclic) bond motifs is 3. The Bertz CT molecular complexity index is 2120. The van der Waals surface area contributed by atoms with Gasteiger partial charge in [0.25, 0.3) is 0 Å². The average molecular weight is 924 g/mol. The fraction of sp³-hybridized carbons (Fsp3) is 0.200. The molecule has 274 valence electrons. The van der Waals surface area contributed by atoms with Crippen LogP contribution in [-0.4, -0.2) is 3.26 Å². The maximum atomic E-state index is 13.2. The summed E-state index contributed by atoms with van der Waals surface area (Å²) in [5.74, 6) is -9.69. The summed E-state index contributed by atoms with van der Waals surface area (Å²) in [4.78, 5) is 0. The van der Waals surface area contributed by atoms with Crippen LogP contribution in [0.5, 0.6) is 0 Å². The van der Waals surface area contributed by atoms with Crippen molar-refractivity contribution in [1.29, 1.82) is 0 Å². The van der Waals surface area contributed by atoms with Crippen molar-refractivity contribution in [2.24, 2.45) is 0 Å². The van der Waals surface area contributed by atoms with Gasteiger partial charge < -0.3 is 24.8 Å². The fourth-order valence-electron chi connectivity index (χ4n) is 5.75. The summed E-state index contributed by atoms with van der Waals surface area (Å²) >= 11 is 1.08. The second kappa shape index (κ2) is 18.2. The standard InChI is InChI=1S/C21H25.C13H10.C11H4F5.2ClH.Hf/c1-20(2,3)16-7-9-18-14(12-16)11-15-13-17(21(4,5)6)8-10-19(15)18;1-3-7-12(8-4-1)11-13-9-5-2-6-10-13;12-7-6(5-3-1-2-4-5)8(13)10(15)11(16)9(7)14;;;/h7-13H,1-6H3;1-10H;1,3H,2H2;2*1H;/q-1;;-1;;;+2/p-2. The third kappa shape index (κ3) is 10.1. The summed E-state index contributed by atoms with van der Waals surface area (Å²) in [6.07, 6.45) is 5.55. The number of benzene rings is 5. The van der Waals surface area contributed by atoms with Crippen molar-refractivity contribution >= 4 is 30.4 Å². The van der Waals surface area contributed by atoms with Crippen LogP contribution in [-0.2, 0) is 34.7 Å². The molecule has 8 heteroatoms. The van der Waals surface area contributed by atoms with Crippen LogP contribution in [0.1, 0.15) is 75.8 Å². The molecule has 1 aliphatic rings. The van der Waals surface area contributed by atoms with E-state index >= 15 is 0 Å². The number of hydrogen-bond donors (Lipinski definition) is 0. The van der Waals surface area contributed by atoms with Crippen molar-refractivity contribution in [2.45, 2.75) is 58.8 Å².